The summed E-state index contributed by atoms with van der Waals surface area (Å²) >= 11 is 0. The smallest absolute Gasteiger partial charge is 0.415 e. The molecule has 1 aliphatic rings. The molecule has 0 radical (unpaired) electrons. The minimum absolute atomic E-state index is 0.151. The van der Waals surface area contributed by atoms with E-state index in [0.29, 0.717) is 12.3 Å². The summed E-state index contributed by atoms with van der Waals surface area (Å²) in [6.07, 6.45) is 1.64. The fraction of sp³-hybridized carbons (Fsp3) is 0.211. The van der Waals surface area contributed by atoms with Crippen LogP contribution in [0.25, 0.3) is 0 Å². The number of amides is 1. The van der Waals surface area contributed by atoms with E-state index < -0.39 is 0 Å². The second-order valence-electron chi connectivity index (χ2n) is 5.48. The number of allylic oxidation sites excluding steroid dienone is 1. The Balaban J connectivity index is 1.92. The zero-order chi connectivity index (χ0) is 16.2. The Labute approximate surface area is 135 Å². The molecule has 2 aromatic rings. The molecule has 1 heterocycles. The van der Waals surface area contributed by atoms with Gasteiger partial charge in [0, 0.05) is 6.54 Å². The van der Waals surface area contributed by atoms with Gasteiger partial charge in [-0.3, -0.25) is 4.90 Å². The molecule has 0 spiro atoms. The first-order valence-corrected chi connectivity index (χ1v) is 7.52. The highest BCUT2D eigenvalue weighted by Crippen LogP contribution is 2.31. The van der Waals surface area contributed by atoms with E-state index >= 15 is 0 Å². The predicted octanol–water partition coefficient (Wildman–Crippen LogP) is 4.29. The van der Waals surface area contributed by atoms with E-state index in [1.807, 2.05) is 60.7 Å². The molecule has 0 aromatic heterocycles. The fourth-order valence-corrected chi connectivity index (χ4v) is 2.68. The quantitative estimate of drug-likeness (QED) is 0.845. The number of ether oxygens (including phenoxy) is 2. The molecule has 118 valence electrons. The van der Waals surface area contributed by atoms with Crippen molar-refractivity contribution in [3.63, 3.8) is 0 Å². The molecular weight excluding hydrogens is 290 g/mol. The van der Waals surface area contributed by atoms with E-state index in [2.05, 4.69) is 0 Å². The largest absolute Gasteiger partial charge is 0.497 e. The van der Waals surface area contributed by atoms with Gasteiger partial charge in [0.15, 0.2) is 0 Å². The molecule has 0 saturated carbocycles. The van der Waals surface area contributed by atoms with Crippen molar-refractivity contribution >= 4 is 6.09 Å². The van der Waals surface area contributed by atoms with Crippen LogP contribution in [0.3, 0.4) is 0 Å². The average Bonchev–Trinajstić information content (AvgIpc) is 2.58. The maximum atomic E-state index is 12.4. The summed E-state index contributed by atoms with van der Waals surface area (Å²) in [5, 5.41) is 0. The fourth-order valence-electron chi connectivity index (χ4n) is 2.68. The van der Waals surface area contributed by atoms with Crippen molar-refractivity contribution in [2.75, 3.05) is 7.11 Å². The van der Waals surface area contributed by atoms with E-state index in [-0.39, 0.29) is 12.1 Å². The van der Waals surface area contributed by atoms with Gasteiger partial charge in [0.1, 0.15) is 11.5 Å². The van der Waals surface area contributed by atoms with Crippen LogP contribution in [0.15, 0.2) is 66.4 Å². The highest BCUT2D eigenvalue weighted by atomic mass is 16.6. The summed E-state index contributed by atoms with van der Waals surface area (Å²) in [6.45, 7) is 2.30. The number of benzene rings is 2. The molecule has 1 unspecified atom stereocenters. The molecule has 1 aliphatic heterocycles. The monoisotopic (exact) mass is 309 g/mol. The zero-order valence-corrected chi connectivity index (χ0v) is 13.2. The van der Waals surface area contributed by atoms with Crippen LogP contribution in [0.2, 0.25) is 0 Å². The predicted molar refractivity (Wildman–Crippen MR) is 88.0 cm³/mol. The van der Waals surface area contributed by atoms with E-state index in [0.717, 1.165) is 16.9 Å². The third kappa shape index (κ3) is 3.37. The van der Waals surface area contributed by atoms with Crippen molar-refractivity contribution < 1.29 is 14.3 Å². The van der Waals surface area contributed by atoms with Gasteiger partial charge in [-0.15, -0.1) is 0 Å². The molecule has 0 N–H and O–H groups in total. The van der Waals surface area contributed by atoms with Gasteiger partial charge in [-0.1, -0.05) is 42.5 Å². The second-order valence-corrected chi connectivity index (χ2v) is 5.48. The molecular formula is C19H19NO3. The first-order valence-electron chi connectivity index (χ1n) is 7.52. The maximum Gasteiger partial charge on any atom is 0.415 e. The summed E-state index contributed by atoms with van der Waals surface area (Å²) in [5.41, 5.74) is 2.09. The van der Waals surface area contributed by atoms with Gasteiger partial charge < -0.3 is 9.47 Å². The Morgan fingerprint density at radius 3 is 2.43 bits per heavy atom. The summed E-state index contributed by atoms with van der Waals surface area (Å²) < 4.78 is 10.5. The SMILES string of the molecule is COc1ccc(C2C=C(C)OC(=O)N2Cc2ccccc2)cc1. The number of cyclic esters (lactones) is 1. The minimum Gasteiger partial charge on any atom is -0.497 e. The lowest BCUT2D eigenvalue weighted by Crippen LogP contribution is -2.37. The lowest BCUT2D eigenvalue weighted by Gasteiger charge is -2.33. The third-order valence-electron chi connectivity index (χ3n) is 3.86. The van der Waals surface area contributed by atoms with E-state index in [4.69, 9.17) is 9.47 Å². The van der Waals surface area contributed by atoms with Crippen LogP contribution in [0.5, 0.6) is 5.75 Å². The number of hydrogen-bond acceptors (Lipinski definition) is 3. The standard InChI is InChI=1S/C19H19NO3/c1-14-12-18(16-8-10-17(22-2)11-9-16)20(19(21)23-14)13-15-6-4-3-5-7-15/h3-12,18H,13H2,1-2H3. The second kappa shape index (κ2) is 6.57. The van der Waals surface area contributed by atoms with Gasteiger partial charge in [-0.05, 0) is 36.3 Å². The zero-order valence-electron chi connectivity index (χ0n) is 13.2. The van der Waals surface area contributed by atoms with Gasteiger partial charge in [0.05, 0.1) is 13.2 Å². The molecule has 0 bridgehead atoms. The number of carbonyl (C=O) groups excluding carboxylic acids is 1. The highest BCUT2D eigenvalue weighted by molar-refractivity contribution is 5.71. The molecule has 0 saturated heterocycles. The van der Waals surface area contributed by atoms with Crippen LogP contribution in [0.1, 0.15) is 24.1 Å². The lowest BCUT2D eigenvalue weighted by molar-refractivity contribution is 0.101. The van der Waals surface area contributed by atoms with Crippen molar-refractivity contribution in [2.45, 2.75) is 19.5 Å². The molecule has 3 rings (SSSR count). The molecule has 0 aliphatic carbocycles. The van der Waals surface area contributed by atoms with Crippen molar-refractivity contribution in [1.29, 1.82) is 0 Å². The maximum absolute atomic E-state index is 12.4. The third-order valence-corrected chi connectivity index (χ3v) is 3.86. The topological polar surface area (TPSA) is 38.8 Å². The van der Waals surface area contributed by atoms with Crippen molar-refractivity contribution in [3.8, 4) is 5.75 Å². The molecule has 2 aromatic carbocycles. The Morgan fingerprint density at radius 2 is 1.78 bits per heavy atom. The average molecular weight is 309 g/mol. The van der Waals surface area contributed by atoms with Gasteiger partial charge in [0.25, 0.3) is 0 Å². The summed E-state index contributed by atoms with van der Waals surface area (Å²) in [7, 11) is 1.64. The van der Waals surface area contributed by atoms with E-state index in [9.17, 15) is 4.79 Å². The molecule has 1 amide bonds. The number of hydrogen-bond donors (Lipinski definition) is 0. The Kier molecular flexibility index (Phi) is 4.33. The normalized spacial score (nSPS) is 17.5. The molecule has 4 nitrogen and oxygen atoms in total. The summed E-state index contributed by atoms with van der Waals surface area (Å²) in [4.78, 5) is 14.1. The summed E-state index contributed by atoms with van der Waals surface area (Å²) in [6, 6.07) is 17.5. The van der Waals surface area contributed by atoms with Crippen molar-refractivity contribution in [3.05, 3.63) is 77.6 Å². The van der Waals surface area contributed by atoms with Crippen LogP contribution in [-0.2, 0) is 11.3 Å². The number of rotatable bonds is 4. The van der Waals surface area contributed by atoms with Crippen LogP contribution < -0.4 is 4.74 Å². The number of methoxy groups -OCH3 is 1. The number of nitrogens with zero attached hydrogens (tertiary/aromatic N) is 1. The van der Waals surface area contributed by atoms with Gasteiger partial charge >= 0.3 is 6.09 Å². The first-order chi connectivity index (χ1) is 11.2. The number of carbonyl (C=O) groups is 1. The van der Waals surface area contributed by atoms with Crippen LogP contribution in [0, 0.1) is 0 Å². The molecule has 23 heavy (non-hydrogen) atoms. The summed E-state index contributed by atoms with van der Waals surface area (Å²) in [5.74, 6) is 1.42. The van der Waals surface area contributed by atoms with Gasteiger partial charge in [-0.25, -0.2) is 4.79 Å². The molecule has 1 atom stereocenters. The molecule has 0 fully saturated rings. The van der Waals surface area contributed by atoms with Crippen molar-refractivity contribution in [2.24, 2.45) is 0 Å². The Hall–Kier alpha value is -2.75. The first kappa shape index (κ1) is 15.2. The molecule has 4 heteroatoms. The van der Waals surface area contributed by atoms with Gasteiger partial charge in [-0.2, -0.15) is 0 Å². The van der Waals surface area contributed by atoms with Crippen LogP contribution in [0.4, 0.5) is 4.79 Å². The van der Waals surface area contributed by atoms with Crippen LogP contribution in [-0.4, -0.2) is 18.1 Å². The van der Waals surface area contributed by atoms with Crippen molar-refractivity contribution in [1.82, 2.24) is 4.90 Å². The van der Waals surface area contributed by atoms with Gasteiger partial charge in [0.2, 0.25) is 0 Å². The minimum atomic E-state index is -0.324. The highest BCUT2D eigenvalue weighted by Gasteiger charge is 2.29. The van der Waals surface area contributed by atoms with E-state index in [1.54, 1.807) is 18.9 Å². The lowest BCUT2D eigenvalue weighted by atomic mass is 10.0. The van der Waals surface area contributed by atoms with E-state index in [1.165, 1.54) is 0 Å². The van der Waals surface area contributed by atoms with Crippen LogP contribution >= 0.6 is 0 Å². The Morgan fingerprint density at radius 1 is 1.09 bits per heavy atom. The Bertz CT molecular complexity index is 707.